The summed E-state index contributed by atoms with van der Waals surface area (Å²) < 4.78 is 4.75. The highest BCUT2D eigenvalue weighted by Crippen LogP contribution is 2.38. The highest BCUT2D eigenvalue weighted by molar-refractivity contribution is 6.55. The van der Waals surface area contributed by atoms with Gasteiger partial charge in [-0.2, -0.15) is 0 Å². The van der Waals surface area contributed by atoms with Gasteiger partial charge in [-0.3, -0.25) is 0 Å². The lowest BCUT2D eigenvalue weighted by molar-refractivity contribution is -0.142. The first-order chi connectivity index (χ1) is 8.39. The van der Waals surface area contributed by atoms with Gasteiger partial charge in [0.1, 0.15) is 10.8 Å². The predicted octanol–water partition coefficient (Wildman–Crippen LogP) is 4.60. The topological polar surface area (TPSA) is 26.3 Å². The molecule has 98 valence electrons. The van der Waals surface area contributed by atoms with Crippen molar-refractivity contribution in [3.63, 3.8) is 0 Å². The Morgan fingerprint density at radius 3 is 2.28 bits per heavy atom. The standard InChI is InChI=1S/C13H13Cl3O2/c1-9(2)13(16,10-6-4-3-5-7-10)12(17)18-8-11(14)15/h3-9H,1-2H3/t13-/m1/s1. The average molecular weight is 308 g/mol. The lowest BCUT2D eigenvalue weighted by Gasteiger charge is -2.28. The number of carbonyl (C=O) groups is 1. The van der Waals surface area contributed by atoms with E-state index in [1.807, 2.05) is 32.0 Å². The van der Waals surface area contributed by atoms with Gasteiger partial charge in [0.15, 0.2) is 4.87 Å². The SMILES string of the molecule is CC(C)[C@](Cl)(C(=O)OC=C(Cl)Cl)c1ccccc1. The number of hydrogen-bond acceptors (Lipinski definition) is 2. The number of benzene rings is 1. The molecule has 0 saturated heterocycles. The molecule has 0 amide bonds. The van der Waals surface area contributed by atoms with Gasteiger partial charge >= 0.3 is 5.97 Å². The monoisotopic (exact) mass is 306 g/mol. The van der Waals surface area contributed by atoms with E-state index in [0.717, 1.165) is 6.26 Å². The number of carbonyl (C=O) groups excluding carboxylic acids is 1. The average Bonchev–Trinajstić information content (AvgIpc) is 2.35. The third-order valence-corrected chi connectivity index (χ3v) is 3.53. The minimum Gasteiger partial charge on any atom is -0.430 e. The summed E-state index contributed by atoms with van der Waals surface area (Å²) in [7, 11) is 0. The minimum atomic E-state index is -1.26. The second-order valence-electron chi connectivity index (χ2n) is 4.05. The van der Waals surface area contributed by atoms with Crippen LogP contribution in [0.25, 0.3) is 0 Å². The first-order valence-electron chi connectivity index (χ1n) is 5.35. The summed E-state index contributed by atoms with van der Waals surface area (Å²) in [5.41, 5.74) is 0.672. The summed E-state index contributed by atoms with van der Waals surface area (Å²) >= 11 is 17.3. The quantitative estimate of drug-likeness (QED) is 0.462. The van der Waals surface area contributed by atoms with Gasteiger partial charge in [-0.05, 0) is 11.5 Å². The molecule has 18 heavy (non-hydrogen) atoms. The molecule has 0 aliphatic rings. The fourth-order valence-electron chi connectivity index (χ4n) is 1.55. The van der Waals surface area contributed by atoms with E-state index < -0.39 is 10.8 Å². The molecule has 0 aliphatic heterocycles. The molecule has 0 heterocycles. The van der Waals surface area contributed by atoms with Gasteiger partial charge in [-0.15, -0.1) is 11.6 Å². The molecule has 0 unspecified atom stereocenters. The largest absolute Gasteiger partial charge is 0.430 e. The maximum atomic E-state index is 12.1. The third kappa shape index (κ3) is 3.41. The molecule has 0 bridgehead atoms. The molecule has 1 aromatic rings. The van der Waals surface area contributed by atoms with Crippen LogP contribution >= 0.6 is 34.8 Å². The Morgan fingerprint density at radius 1 is 1.28 bits per heavy atom. The van der Waals surface area contributed by atoms with E-state index in [1.54, 1.807) is 12.1 Å². The van der Waals surface area contributed by atoms with Gasteiger partial charge in [0, 0.05) is 0 Å². The van der Waals surface area contributed by atoms with E-state index >= 15 is 0 Å². The molecule has 1 aromatic carbocycles. The molecule has 0 aromatic heterocycles. The smallest absolute Gasteiger partial charge is 0.336 e. The number of hydrogen-bond donors (Lipinski definition) is 0. The van der Waals surface area contributed by atoms with Crippen molar-refractivity contribution >= 4 is 40.8 Å². The van der Waals surface area contributed by atoms with E-state index in [1.165, 1.54) is 0 Å². The molecule has 0 fully saturated rings. The van der Waals surface area contributed by atoms with Crippen molar-refractivity contribution in [1.82, 2.24) is 0 Å². The van der Waals surface area contributed by atoms with Crippen LogP contribution in [0.5, 0.6) is 0 Å². The first kappa shape index (κ1) is 15.4. The van der Waals surface area contributed by atoms with Crippen LogP contribution in [0, 0.1) is 5.92 Å². The van der Waals surface area contributed by atoms with Gasteiger partial charge in [-0.25, -0.2) is 4.79 Å². The maximum absolute atomic E-state index is 12.1. The second-order valence-corrected chi connectivity index (χ2v) is 5.65. The van der Waals surface area contributed by atoms with Crippen molar-refractivity contribution in [2.45, 2.75) is 18.7 Å². The van der Waals surface area contributed by atoms with Crippen molar-refractivity contribution in [2.24, 2.45) is 5.92 Å². The Kier molecular flexibility index (Phi) is 5.51. The van der Waals surface area contributed by atoms with Crippen molar-refractivity contribution in [2.75, 3.05) is 0 Å². The Labute approximate surface area is 121 Å². The third-order valence-electron chi connectivity index (χ3n) is 2.54. The zero-order valence-corrected chi connectivity index (χ0v) is 12.3. The summed E-state index contributed by atoms with van der Waals surface area (Å²) in [6.45, 7) is 3.68. The molecule has 0 spiro atoms. The molecular weight excluding hydrogens is 295 g/mol. The summed E-state index contributed by atoms with van der Waals surface area (Å²) in [5, 5.41) is 0. The van der Waals surface area contributed by atoms with E-state index in [0.29, 0.717) is 5.56 Å². The summed E-state index contributed by atoms with van der Waals surface area (Å²) in [6, 6.07) is 9.03. The fraction of sp³-hybridized carbons (Fsp3) is 0.308. The van der Waals surface area contributed by atoms with Gasteiger partial charge in [0.25, 0.3) is 0 Å². The Hall–Kier alpha value is -0.700. The number of halogens is 3. The summed E-state index contributed by atoms with van der Waals surface area (Å²) in [6.07, 6.45) is 0.966. The molecule has 0 radical (unpaired) electrons. The minimum absolute atomic E-state index is 0.140. The molecule has 1 atom stereocenters. The Morgan fingerprint density at radius 2 is 1.83 bits per heavy atom. The number of rotatable bonds is 4. The predicted molar refractivity (Wildman–Crippen MR) is 74.7 cm³/mol. The van der Waals surface area contributed by atoms with Crippen LogP contribution in [-0.2, 0) is 14.4 Å². The molecule has 0 saturated carbocycles. The van der Waals surface area contributed by atoms with Crippen LogP contribution in [0.4, 0.5) is 0 Å². The van der Waals surface area contributed by atoms with Crippen LogP contribution in [0.3, 0.4) is 0 Å². The van der Waals surface area contributed by atoms with Crippen LogP contribution in [0.2, 0.25) is 0 Å². The van der Waals surface area contributed by atoms with Crippen LogP contribution in [0.15, 0.2) is 41.1 Å². The zero-order chi connectivity index (χ0) is 13.8. The lowest BCUT2D eigenvalue weighted by atomic mass is 9.87. The number of ether oxygens (including phenoxy) is 1. The van der Waals surface area contributed by atoms with Crippen molar-refractivity contribution in [1.29, 1.82) is 0 Å². The summed E-state index contributed by atoms with van der Waals surface area (Å²) in [4.78, 5) is 10.8. The van der Waals surface area contributed by atoms with Gasteiger partial charge in [-0.1, -0.05) is 67.4 Å². The molecule has 5 heteroatoms. The highest BCUT2D eigenvalue weighted by atomic mass is 35.5. The van der Waals surface area contributed by atoms with E-state index in [-0.39, 0.29) is 10.4 Å². The van der Waals surface area contributed by atoms with Gasteiger partial charge in [0.2, 0.25) is 0 Å². The first-order valence-corrected chi connectivity index (χ1v) is 6.49. The van der Waals surface area contributed by atoms with Crippen LogP contribution in [0.1, 0.15) is 19.4 Å². The van der Waals surface area contributed by atoms with Crippen molar-refractivity contribution in [3.05, 3.63) is 46.6 Å². The molecule has 2 nitrogen and oxygen atoms in total. The highest BCUT2D eigenvalue weighted by Gasteiger charge is 2.42. The Balaban J connectivity index is 3.09. The molecular formula is C13H13Cl3O2. The van der Waals surface area contributed by atoms with Crippen LogP contribution in [-0.4, -0.2) is 5.97 Å². The van der Waals surface area contributed by atoms with Gasteiger partial charge in [0.05, 0.1) is 0 Å². The van der Waals surface area contributed by atoms with Crippen molar-refractivity contribution < 1.29 is 9.53 Å². The lowest BCUT2D eigenvalue weighted by Crippen LogP contribution is -2.36. The molecule has 0 N–H and O–H groups in total. The van der Waals surface area contributed by atoms with E-state index in [4.69, 9.17) is 39.5 Å². The Bertz CT molecular complexity index is 439. The molecule has 0 aliphatic carbocycles. The van der Waals surface area contributed by atoms with E-state index in [2.05, 4.69) is 0 Å². The normalized spacial score (nSPS) is 13.9. The van der Waals surface area contributed by atoms with Crippen LogP contribution < -0.4 is 0 Å². The van der Waals surface area contributed by atoms with Crippen molar-refractivity contribution in [3.8, 4) is 0 Å². The number of alkyl halides is 1. The van der Waals surface area contributed by atoms with Gasteiger partial charge < -0.3 is 4.74 Å². The molecule has 1 rings (SSSR count). The number of esters is 1. The summed E-state index contributed by atoms with van der Waals surface area (Å²) in [5.74, 6) is -0.763. The second kappa shape index (κ2) is 6.46. The zero-order valence-electron chi connectivity index (χ0n) is 9.99. The maximum Gasteiger partial charge on any atom is 0.336 e. The van der Waals surface area contributed by atoms with E-state index in [9.17, 15) is 4.79 Å². The fourth-order valence-corrected chi connectivity index (χ4v) is 1.81.